The average molecular weight is 288 g/mol. The van der Waals surface area contributed by atoms with E-state index in [1.54, 1.807) is 12.3 Å². The topological polar surface area (TPSA) is 34.2 Å². The molecule has 1 aromatic carbocycles. The Balaban J connectivity index is 2.10. The van der Waals surface area contributed by atoms with Gasteiger partial charge in [0.15, 0.2) is 5.82 Å². The van der Waals surface area contributed by atoms with Gasteiger partial charge in [-0.2, -0.15) is 0 Å². The number of aryl methyl sites for hydroxylation is 1. The second-order valence-corrected chi connectivity index (χ2v) is 4.87. The van der Waals surface area contributed by atoms with Crippen LogP contribution in [0, 0.1) is 5.82 Å². The molecule has 2 aromatic rings. The summed E-state index contributed by atoms with van der Waals surface area (Å²) in [5, 5.41) is 3.18. The zero-order valence-electron chi connectivity index (χ0n) is 12.5. The number of nitrogens with one attached hydrogen (secondary N) is 1. The number of benzene rings is 1. The first-order valence-electron chi connectivity index (χ1n) is 7.35. The highest BCUT2D eigenvalue weighted by Crippen LogP contribution is 2.24. The number of halogens is 1. The predicted octanol–water partition coefficient (Wildman–Crippen LogP) is 4.08. The Kier molecular flexibility index (Phi) is 5.69. The lowest BCUT2D eigenvalue weighted by Crippen LogP contribution is -2.15. The quantitative estimate of drug-likeness (QED) is 0.780. The summed E-state index contributed by atoms with van der Waals surface area (Å²) in [5.74, 6) is 0.216. The van der Waals surface area contributed by atoms with E-state index in [0.29, 0.717) is 17.9 Å². The van der Waals surface area contributed by atoms with Crippen molar-refractivity contribution in [1.29, 1.82) is 0 Å². The van der Waals surface area contributed by atoms with Crippen LogP contribution >= 0.6 is 0 Å². The minimum Gasteiger partial charge on any atom is -0.436 e. The largest absolute Gasteiger partial charge is 0.436 e. The van der Waals surface area contributed by atoms with Gasteiger partial charge < -0.3 is 10.1 Å². The molecule has 0 amide bonds. The van der Waals surface area contributed by atoms with Gasteiger partial charge in [0.25, 0.3) is 5.88 Å². The van der Waals surface area contributed by atoms with E-state index in [2.05, 4.69) is 24.1 Å². The predicted molar refractivity (Wildman–Crippen MR) is 82.1 cm³/mol. The molecule has 112 valence electrons. The third kappa shape index (κ3) is 4.26. The smallest absolute Gasteiger partial charge is 0.256 e. The van der Waals surface area contributed by atoms with Gasteiger partial charge in [0.1, 0.15) is 5.75 Å². The first-order valence-corrected chi connectivity index (χ1v) is 7.35. The van der Waals surface area contributed by atoms with Crippen LogP contribution < -0.4 is 10.1 Å². The highest BCUT2D eigenvalue weighted by molar-refractivity contribution is 5.32. The Bertz CT molecular complexity index is 570. The molecule has 0 unspecified atom stereocenters. The summed E-state index contributed by atoms with van der Waals surface area (Å²) in [6, 6.07) is 9.29. The van der Waals surface area contributed by atoms with E-state index in [1.807, 2.05) is 24.3 Å². The van der Waals surface area contributed by atoms with Crippen LogP contribution in [0.25, 0.3) is 0 Å². The molecule has 0 aliphatic heterocycles. The van der Waals surface area contributed by atoms with Crippen molar-refractivity contribution in [3.63, 3.8) is 0 Å². The second-order valence-electron chi connectivity index (χ2n) is 4.87. The SMILES string of the molecule is CCCNCc1ccnc(Oc2ccc(CC)cc2)c1F. The number of pyridine rings is 1. The fraction of sp³-hybridized carbons (Fsp3) is 0.353. The van der Waals surface area contributed by atoms with Crippen LogP contribution in [0.1, 0.15) is 31.4 Å². The van der Waals surface area contributed by atoms with Gasteiger partial charge in [-0.05, 0) is 43.1 Å². The van der Waals surface area contributed by atoms with Crippen molar-refractivity contribution in [3.05, 3.63) is 53.5 Å². The summed E-state index contributed by atoms with van der Waals surface area (Å²) in [7, 11) is 0. The maximum atomic E-state index is 14.3. The lowest BCUT2D eigenvalue weighted by molar-refractivity contribution is 0.417. The second kappa shape index (κ2) is 7.74. The molecule has 0 saturated heterocycles. The van der Waals surface area contributed by atoms with Crippen LogP contribution in [0.15, 0.2) is 36.5 Å². The van der Waals surface area contributed by atoms with Gasteiger partial charge in [0.05, 0.1) is 0 Å². The zero-order valence-corrected chi connectivity index (χ0v) is 12.5. The van der Waals surface area contributed by atoms with Crippen molar-refractivity contribution in [2.75, 3.05) is 6.54 Å². The van der Waals surface area contributed by atoms with E-state index in [4.69, 9.17) is 4.74 Å². The molecular formula is C17H21FN2O. The molecule has 0 aliphatic rings. The molecule has 0 aliphatic carbocycles. The molecule has 2 rings (SSSR count). The van der Waals surface area contributed by atoms with Crippen molar-refractivity contribution in [2.45, 2.75) is 33.2 Å². The van der Waals surface area contributed by atoms with Gasteiger partial charge in [0, 0.05) is 18.3 Å². The first-order chi connectivity index (χ1) is 10.2. The summed E-state index contributed by atoms with van der Waals surface area (Å²) in [4.78, 5) is 3.98. The monoisotopic (exact) mass is 288 g/mol. The summed E-state index contributed by atoms with van der Waals surface area (Å²) in [6.45, 7) is 5.50. The molecule has 21 heavy (non-hydrogen) atoms. The van der Waals surface area contributed by atoms with Crippen molar-refractivity contribution in [3.8, 4) is 11.6 Å². The maximum Gasteiger partial charge on any atom is 0.256 e. The average Bonchev–Trinajstić information content (AvgIpc) is 2.52. The fourth-order valence-corrected chi connectivity index (χ4v) is 1.97. The van der Waals surface area contributed by atoms with Gasteiger partial charge >= 0.3 is 0 Å². The van der Waals surface area contributed by atoms with E-state index in [0.717, 1.165) is 19.4 Å². The van der Waals surface area contributed by atoms with Crippen molar-refractivity contribution >= 4 is 0 Å². The Morgan fingerprint density at radius 2 is 1.90 bits per heavy atom. The molecule has 0 fully saturated rings. The molecule has 0 spiro atoms. The Labute approximate surface area is 125 Å². The standard InChI is InChI=1S/C17H21FN2O/c1-3-10-19-12-14-9-11-20-17(16(14)18)21-15-7-5-13(4-2)6-8-15/h5-9,11,19H,3-4,10,12H2,1-2H3. The third-order valence-electron chi connectivity index (χ3n) is 3.23. The Morgan fingerprint density at radius 1 is 1.14 bits per heavy atom. The first kappa shape index (κ1) is 15.4. The molecule has 1 heterocycles. The van der Waals surface area contributed by atoms with Crippen LogP contribution in [0.3, 0.4) is 0 Å². The molecule has 0 saturated carbocycles. The van der Waals surface area contributed by atoms with Gasteiger partial charge in [-0.3, -0.25) is 0 Å². The molecule has 0 atom stereocenters. The van der Waals surface area contributed by atoms with Crippen molar-refractivity contribution < 1.29 is 9.13 Å². The molecule has 3 nitrogen and oxygen atoms in total. The number of nitrogens with zero attached hydrogens (tertiary/aromatic N) is 1. The number of rotatable bonds is 7. The molecule has 0 radical (unpaired) electrons. The van der Waals surface area contributed by atoms with Gasteiger partial charge in [0.2, 0.25) is 0 Å². The third-order valence-corrected chi connectivity index (χ3v) is 3.23. The number of aromatic nitrogens is 1. The van der Waals surface area contributed by atoms with Crippen LogP contribution in [-0.2, 0) is 13.0 Å². The fourth-order valence-electron chi connectivity index (χ4n) is 1.97. The van der Waals surface area contributed by atoms with Crippen molar-refractivity contribution in [2.24, 2.45) is 0 Å². The maximum absolute atomic E-state index is 14.3. The highest BCUT2D eigenvalue weighted by Gasteiger charge is 2.11. The van der Waals surface area contributed by atoms with Gasteiger partial charge in [-0.15, -0.1) is 0 Å². The number of hydrogen-bond acceptors (Lipinski definition) is 3. The zero-order chi connectivity index (χ0) is 15.1. The van der Waals surface area contributed by atoms with E-state index in [1.165, 1.54) is 5.56 Å². The lowest BCUT2D eigenvalue weighted by Gasteiger charge is -2.09. The van der Waals surface area contributed by atoms with Crippen LogP contribution in [-0.4, -0.2) is 11.5 Å². The van der Waals surface area contributed by atoms with E-state index < -0.39 is 5.82 Å². The van der Waals surface area contributed by atoms with Crippen LogP contribution in [0.4, 0.5) is 4.39 Å². The van der Waals surface area contributed by atoms with E-state index >= 15 is 0 Å². The molecule has 1 N–H and O–H groups in total. The Hall–Kier alpha value is -1.94. The number of hydrogen-bond donors (Lipinski definition) is 1. The summed E-state index contributed by atoms with van der Waals surface area (Å²) in [5.41, 5.74) is 1.78. The van der Waals surface area contributed by atoms with Crippen LogP contribution in [0.5, 0.6) is 11.6 Å². The lowest BCUT2D eigenvalue weighted by atomic mass is 10.2. The molecule has 0 bridgehead atoms. The van der Waals surface area contributed by atoms with Gasteiger partial charge in [-0.1, -0.05) is 26.0 Å². The van der Waals surface area contributed by atoms with Gasteiger partial charge in [-0.25, -0.2) is 9.37 Å². The van der Waals surface area contributed by atoms with Crippen LogP contribution in [0.2, 0.25) is 0 Å². The van der Waals surface area contributed by atoms with E-state index in [9.17, 15) is 4.39 Å². The minimum atomic E-state index is -0.402. The highest BCUT2D eigenvalue weighted by atomic mass is 19.1. The minimum absolute atomic E-state index is 0.0232. The summed E-state index contributed by atoms with van der Waals surface area (Å²) in [6.07, 6.45) is 3.55. The normalized spacial score (nSPS) is 10.6. The Morgan fingerprint density at radius 3 is 2.57 bits per heavy atom. The number of ether oxygens (including phenoxy) is 1. The van der Waals surface area contributed by atoms with E-state index in [-0.39, 0.29) is 5.88 Å². The summed E-state index contributed by atoms with van der Waals surface area (Å²) >= 11 is 0. The summed E-state index contributed by atoms with van der Waals surface area (Å²) < 4.78 is 19.8. The molecule has 1 aromatic heterocycles. The molecular weight excluding hydrogens is 267 g/mol. The van der Waals surface area contributed by atoms with Crippen molar-refractivity contribution in [1.82, 2.24) is 10.3 Å². The molecule has 4 heteroatoms.